The minimum Gasteiger partial charge on any atom is -0.497 e. The van der Waals surface area contributed by atoms with Gasteiger partial charge in [0.05, 0.1) is 13.7 Å². The van der Waals surface area contributed by atoms with Gasteiger partial charge in [0, 0.05) is 11.8 Å². The topological polar surface area (TPSA) is 66.0 Å². The van der Waals surface area contributed by atoms with Crippen molar-refractivity contribution in [1.82, 2.24) is 14.8 Å². The summed E-state index contributed by atoms with van der Waals surface area (Å²) in [5, 5.41) is 9.34. The van der Waals surface area contributed by atoms with Crippen molar-refractivity contribution in [2.24, 2.45) is 5.73 Å². The fourth-order valence-electron chi connectivity index (χ4n) is 2.12. The molecule has 0 amide bonds. The number of hydrogen-bond acceptors (Lipinski definition) is 5. The van der Waals surface area contributed by atoms with Crippen molar-refractivity contribution in [3.05, 3.63) is 35.7 Å². The number of aryl methyl sites for hydroxylation is 1. The van der Waals surface area contributed by atoms with Gasteiger partial charge in [-0.3, -0.25) is 0 Å². The van der Waals surface area contributed by atoms with Crippen LogP contribution >= 0.6 is 11.8 Å². The maximum atomic E-state index is 5.70. The first-order chi connectivity index (χ1) is 10.2. The molecule has 1 aromatic carbocycles. The van der Waals surface area contributed by atoms with Gasteiger partial charge in [0.2, 0.25) is 0 Å². The van der Waals surface area contributed by atoms with E-state index in [4.69, 9.17) is 10.5 Å². The SMILES string of the molecule is COc1ccc(CCSc2nnc(CN)n2C(C)C)cc1. The molecular weight excluding hydrogens is 284 g/mol. The van der Waals surface area contributed by atoms with E-state index in [1.54, 1.807) is 18.9 Å². The Bertz CT molecular complexity index is 566. The minimum atomic E-state index is 0.321. The average Bonchev–Trinajstić information content (AvgIpc) is 2.91. The van der Waals surface area contributed by atoms with E-state index < -0.39 is 0 Å². The Kier molecular flexibility index (Phi) is 5.64. The number of nitrogens with two attached hydrogens (primary N) is 1. The standard InChI is InChI=1S/C15H22N4OS/c1-11(2)19-14(10-16)17-18-15(19)21-9-8-12-4-6-13(20-3)7-5-12/h4-7,11H,8-10,16H2,1-3H3. The van der Waals surface area contributed by atoms with Crippen LogP contribution in [0.4, 0.5) is 0 Å². The van der Waals surface area contributed by atoms with Gasteiger partial charge in [-0.15, -0.1) is 10.2 Å². The van der Waals surface area contributed by atoms with Gasteiger partial charge in [-0.25, -0.2) is 0 Å². The van der Waals surface area contributed by atoms with E-state index in [1.165, 1.54) is 5.56 Å². The number of thioether (sulfide) groups is 1. The lowest BCUT2D eigenvalue weighted by atomic mass is 10.2. The molecule has 0 bridgehead atoms. The lowest BCUT2D eigenvalue weighted by Crippen LogP contribution is -2.11. The van der Waals surface area contributed by atoms with E-state index in [9.17, 15) is 0 Å². The van der Waals surface area contributed by atoms with Crippen LogP contribution in [0, 0.1) is 0 Å². The third-order valence-electron chi connectivity index (χ3n) is 3.22. The monoisotopic (exact) mass is 306 g/mol. The van der Waals surface area contributed by atoms with E-state index in [1.807, 2.05) is 12.1 Å². The van der Waals surface area contributed by atoms with Crippen molar-refractivity contribution in [3.8, 4) is 5.75 Å². The highest BCUT2D eigenvalue weighted by Crippen LogP contribution is 2.22. The Morgan fingerprint density at radius 3 is 2.52 bits per heavy atom. The molecule has 0 saturated heterocycles. The smallest absolute Gasteiger partial charge is 0.191 e. The number of rotatable bonds is 7. The molecule has 0 aliphatic rings. The number of benzene rings is 1. The summed E-state index contributed by atoms with van der Waals surface area (Å²) in [6.07, 6.45) is 0.984. The highest BCUT2D eigenvalue weighted by Gasteiger charge is 2.13. The Hall–Kier alpha value is -1.53. The van der Waals surface area contributed by atoms with E-state index >= 15 is 0 Å². The number of ether oxygens (including phenoxy) is 1. The molecule has 0 atom stereocenters. The molecule has 2 aromatic rings. The molecule has 0 radical (unpaired) electrons. The summed E-state index contributed by atoms with van der Waals surface area (Å²) in [5.41, 5.74) is 6.99. The van der Waals surface area contributed by atoms with Crippen LogP contribution < -0.4 is 10.5 Å². The Morgan fingerprint density at radius 2 is 1.95 bits per heavy atom. The second-order valence-electron chi connectivity index (χ2n) is 5.01. The Balaban J connectivity index is 1.95. The molecule has 21 heavy (non-hydrogen) atoms. The minimum absolute atomic E-state index is 0.321. The van der Waals surface area contributed by atoms with Crippen molar-refractivity contribution < 1.29 is 4.74 Å². The summed E-state index contributed by atoms with van der Waals surface area (Å²) in [7, 11) is 1.68. The number of nitrogens with zero attached hydrogens (tertiary/aromatic N) is 3. The van der Waals surface area contributed by atoms with E-state index in [0.29, 0.717) is 12.6 Å². The molecule has 0 aliphatic carbocycles. The summed E-state index contributed by atoms with van der Waals surface area (Å²) in [6, 6.07) is 8.49. The van der Waals surface area contributed by atoms with Gasteiger partial charge in [-0.2, -0.15) is 0 Å². The predicted octanol–water partition coefficient (Wildman–Crippen LogP) is 2.66. The molecule has 0 spiro atoms. The summed E-state index contributed by atoms with van der Waals surface area (Å²) in [4.78, 5) is 0. The van der Waals surface area contributed by atoms with Crippen molar-refractivity contribution in [2.45, 2.75) is 38.0 Å². The molecule has 0 fully saturated rings. The third kappa shape index (κ3) is 3.98. The normalized spacial score (nSPS) is 11.1. The van der Waals surface area contributed by atoms with E-state index in [2.05, 4.69) is 40.7 Å². The maximum absolute atomic E-state index is 5.70. The van der Waals surface area contributed by atoms with Gasteiger partial charge in [0.25, 0.3) is 0 Å². The number of methoxy groups -OCH3 is 1. The molecule has 0 saturated carbocycles. The summed E-state index contributed by atoms with van der Waals surface area (Å²) >= 11 is 1.72. The molecule has 1 heterocycles. The van der Waals surface area contributed by atoms with Gasteiger partial charge < -0.3 is 15.0 Å². The van der Waals surface area contributed by atoms with Crippen LogP contribution in [0.15, 0.2) is 29.4 Å². The van der Waals surface area contributed by atoms with Crippen LogP contribution in [0.5, 0.6) is 5.75 Å². The zero-order valence-electron chi connectivity index (χ0n) is 12.7. The van der Waals surface area contributed by atoms with Gasteiger partial charge in [-0.05, 0) is 38.0 Å². The lowest BCUT2D eigenvalue weighted by Gasteiger charge is -2.12. The molecule has 1 aromatic heterocycles. The Morgan fingerprint density at radius 1 is 1.24 bits per heavy atom. The molecule has 0 unspecified atom stereocenters. The quantitative estimate of drug-likeness (QED) is 0.797. The van der Waals surface area contributed by atoms with Gasteiger partial charge in [0.15, 0.2) is 5.16 Å². The third-order valence-corrected chi connectivity index (χ3v) is 4.16. The van der Waals surface area contributed by atoms with Crippen molar-refractivity contribution in [2.75, 3.05) is 12.9 Å². The molecular formula is C15H22N4OS. The van der Waals surface area contributed by atoms with Crippen molar-refractivity contribution >= 4 is 11.8 Å². The molecule has 114 valence electrons. The largest absolute Gasteiger partial charge is 0.497 e. The van der Waals surface area contributed by atoms with Crippen LogP contribution in [0.3, 0.4) is 0 Å². The predicted molar refractivity (Wildman–Crippen MR) is 85.7 cm³/mol. The zero-order valence-corrected chi connectivity index (χ0v) is 13.6. The zero-order chi connectivity index (χ0) is 15.2. The maximum Gasteiger partial charge on any atom is 0.191 e. The fraction of sp³-hybridized carbons (Fsp3) is 0.467. The molecule has 0 aliphatic heterocycles. The Labute approximate surface area is 129 Å². The molecule has 2 N–H and O–H groups in total. The van der Waals surface area contributed by atoms with Crippen LogP contribution in [0.1, 0.15) is 31.3 Å². The van der Waals surface area contributed by atoms with Crippen LogP contribution in [-0.4, -0.2) is 27.6 Å². The lowest BCUT2D eigenvalue weighted by molar-refractivity contribution is 0.414. The first kappa shape index (κ1) is 15.9. The number of aromatic nitrogens is 3. The molecule has 2 rings (SSSR count). The van der Waals surface area contributed by atoms with Crippen LogP contribution in [0.2, 0.25) is 0 Å². The summed E-state index contributed by atoms with van der Waals surface area (Å²) < 4.78 is 7.27. The van der Waals surface area contributed by atoms with Crippen molar-refractivity contribution in [3.63, 3.8) is 0 Å². The number of hydrogen-bond donors (Lipinski definition) is 1. The highest BCUT2D eigenvalue weighted by molar-refractivity contribution is 7.99. The second-order valence-corrected chi connectivity index (χ2v) is 6.08. The summed E-state index contributed by atoms with van der Waals surface area (Å²) in [6.45, 7) is 4.66. The average molecular weight is 306 g/mol. The first-order valence-corrected chi connectivity index (χ1v) is 8.03. The second kappa shape index (κ2) is 7.47. The van der Waals surface area contributed by atoms with Gasteiger partial charge >= 0.3 is 0 Å². The highest BCUT2D eigenvalue weighted by atomic mass is 32.2. The van der Waals surface area contributed by atoms with Crippen LogP contribution in [-0.2, 0) is 13.0 Å². The molecule has 5 nitrogen and oxygen atoms in total. The van der Waals surface area contributed by atoms with Crippen LogP contribution in [0.25, 0.3) is 0 Å². The summed E-state index contributed by atoms with van der Waals surface area (Å²) in [5.74, 6) is 2.69. The van der Waals surface area contributed by atoms with E-state index in [-0.39, 0.29) is 0 Å². The van der Waals surface area contributed by atoms with Gasteiger partial charge in [-0.1, -0.05) is 23.9 Å². The van der Waals surface area contributed by atoms with E-state index in [0.717, 1.165) is 28.9 Å². The first-order valence-electron chi connectivity index (χ1n) is 7.05. The molecule has 6 heteroatoms. The van der Waals surface area contributed by atoms with Gasteiger partial charge in [0.1, 0.15) is 11.6 Å². The fourth-order valence-corrected chi connectivity index (χ4v) is 3.19. The van der Waals surface area contributed by atoms with Crippen molar-refractivity contribution in [1.29, 1.82) is 0 Å².